The molecule has 0 saturated carbocycles. The summed E-state index contributed by atoms with van der Waals surface area (Å²) in [5.74, 6) is 1.03. The number of rotatable bonds is 4. The van der Waals surface area contributed by atoms with E-state index in [2.05, 4.69) is 20.2 Å². The first-order valence-corrected chi connectivity index (χ1v) is 8.69. The van der Waals surface area contributed by atoms with Crippen molar-refractivity contribution in [3.8, 4) is 0 Å². The van der Waals surface area contributed by atoms with E-state index < -0.39 is 4.92 Å². The average Bonchev–Trinajstić information content (AvgIpc) is 3.17. The number of nitrogens with one attached hydrogen (secondary N) is 1. The molecule has 130 valence electrons. The van der Waals surface area contributed by atoms with Crippen LogP contribution in [0.2, 0.25) is 0 Å². The number of aryl methyl sites for hydroxylation is 1. The largest absolute Gasteiger partial charge is 0.378 e. The van der Waals surface area contributed by atoms with Gasteiger partial charge in [-0.05, 0) is 24.0 Å². The van der Waals surface area contributed by atoms with Gasteiger partial charge in [0, 0.05) is 18.5 Å². The van der Waals surface area contributed by atoms with Crippen molar-refractivity contribution in [2.45, 2.75) is 6.92 Å². The minimum absolute atomic E-state index is 0.0760. The third kappa shape index (κ3) is 2.89. The molecule has 0 unspecified atom stereocenters. The molecular formula is C15H16N6O3S. The van der Waals surface area contributed by atoms with Gasteiger partial charge in [-0.15, -0.1) is 0 Å². The van der Waals surface area contributed by atoms with Crippen LogP contribution in [0.3, 0.4) is 0 Å². The first-order chi connectivity index (χ1) is 12.1. The standard InChI is InChI=1S/C15H16N6O3S/c1-10-11(2-3-12(16-10)19-4-7-24-8-5-19)17-13-14(21(22)23)20-6-9-25-15(20)18-13/h2-3,6,9,17H,4-5,7-8H2,1H3. The molecule has 4 rings (SSSR count). The Morgan fingerprint density at radius 3 is 2.84 bits per heavy atom. The third-order valence-electron chi connectivity index (χ3n) is 4.07. The van der Waals surface area contributed by atoms with Gasteiger partial charge in [-0.2, -0.15) is 9.38 Å². The third-order valence-corrected chi connectivity index (χ3v) is 4.83. The Labute approximate surface area is 147 Å². The van der Waals surface area contributed by atoms with Crippen LogP contribution in [0.5, 0.6) is 0 Å². The van der Waals surface area contributed by atoms with E-state index in [4.69, 9.17) is 4.74 Å². The van der Waals surface area contributed by atoms with E-state index >= 15 is 0 Å². The van der Waals surface area contributed by atoms with Crippen molar-refractivity contribution in [2.75, 3.05) is 36.5 Å². The number of thiazole rings is 1. The molecule has 3 aromatic rings. The zero-order valence-electron chi connectivity index (χ0n) is 13.5. The van der Waals surface area contributed by atoms with Crippen LogP contribution in [0.1, 0.15) is 5.69 Å². The highest BCUT2D eigenvalue weighted by Crippen LogP contribution is 2.31. The van der Waals surface area contributed by atoms with Gasteiger partial charge in [-0.3, -0.25) is 0 Å². The van der Waals surface area contributed by atoms with Gasteiger partial charge in [-0.1, -0.05) is 11.3 Å². The molecule has 1 fully saturated rings. The summed E-state index contributed by atoms with van der Waals surface area (Å²) in [6, 6.07) is 3.79. The summed E-state index contributed by atoms with van der Waals surface area (Å²) >= 11 is 1.35. The predicted molar refractivity (Wildman–Crippen MR) is 95.0 cm³/mol. The second-order valence-corrected chi connectivity index (χ2v) is 6.50. The molecule has 1 aliphatic rings. The van der Waals surface area contributed by atoms with Gasteiger partial charge < -0.3 is 25.1 Å². The summed E-state index contributed by atoms with van der Waals surface area (Å²) in [6.07, 6.45) is 1.64. The number of hydrogen-bond acceptors (Lipinski definition) is 8. The molecule has 0 radical (unpaired) electrons. The van der Waals surface area contributed by atoms with Gasteiger partial charge in [0.25, 0.3) is 4.96 Å². The Kier molecular flexibility index (Phi) is 3.98. The molecule has 4 heterocycles. The number of fused-ring (bicyclic) bond motifs is 1. The minimum atomic E-state index is -0.431. The molecule has 0 atom stereocenters. The number of imidazole rings is 1. The first kappa shape index (κ1) is 15.8. The molecule has 1 saturated heterocycles. The Morgan fingerprint density at radius 2 is 2.12 bits per heavy atom. The van der Waals surface area contributed by atoms with Crippen molar-refractivity contribution in [2.24, 2.45) is 0 Å². The van der Waals surface area contributed by atoms with Crippen molar-refractivity contribution >= 4 is 39.4 Å². The van der Waals surface area contributed by atoms with E-state index in [9.17, 15) is 10.1 Å². The van der Waals surface area contributed by atoms with E-state index in [0.29, 0.717) is 23.9 Å². The van der Waals surface area contributed by atoms with Gasteiger partial charge in [0.2, 0.25) is 5.82 Å². The molecule has 0 bridgehead atoms. The summed E-state index contributed by atoms with van der Waals surface area (Å²) in [5, 5.41) is 16.2. The van der Waals surface area contributed by atoms with E-state index in [1.165, 1.54) is 15.7 Å². The Balaban J connectivity index is 1.63. The molecule has 25 heavy (non-hydrogen) atoms. The normalized spacial score (nSPS) is 14.8. The quantitative estimate of drug-likeness (QED) is 0.564. The molecular weight excluding hydrogens is 344 g/mol. The number of anilines is 3. The number of ether oxygens (including phenoxy) is 1. The van der Waals surface area contributed by atoms with Crippen molar-refractivity contribution in [1.82, 2.24) is 14.4 Å². The number of pyridine rings is 1. The second kappa shape index (κ2) is 6.30. The van der Waals surface area contributed by atoms with Crippen LogP contribution < -0.4 is 10.2 Å². The van der Waals surface area contributed by atoms with Crippen LogP contribution in [0.25, 0.3) is 4.96 Å². The van der Waals surface area contributed by atoms with E-state index in [1.54, 1.807) is 11.6 Å². The minimum Gasteiger partial charge on any atom is -0.378 e. The summed E-state index contributed by atoms with van der Waals surface area (Å²) in [7, 11) is 0. The fraction of sp³-hybridized carbons (Fsp3) is 0.333. The topological polar surface area (TPSA) is 97.8 Å². The smallest absolute Gasteiger partial charge is 0.373 e. The van der Waals surface area contributed by atoms with Crippen molar-refractivity contribution < 1.29 is 9.66 Å². The summed E-state index contributed by atoms with van der Waals surface area (Å²) in [4.78, 5) is 22.6. The molecule has 0 aromatic carbocycles. The number of aromatic nitrogens is 3. The highest BCUT2D eigenvalue weighted by Gasteiger charge is 2.24. The van der Waals surface area contributed by atoms with E-state index in [1.807, 2.05) is 19.1 Å². The van der Waals surface area contributed by atoms with Crippen LogP contribution in [0.4, 0.5) is 23.1 Å². The maximum Gasteiger partial charge on any atom is 0.373 e. The van der Waals surface area contributed by atoms with Crippen LogP contribution in [-0.4, -0.2) is 45.6 Å². The summed E-state index contributed by atoms with van der Waals surface area (Å²) in [5.41, 5.74) is 1.46. The van der Waals surface area contributed by atoms with E-state index in [0.717, 1.165) is 24.6 Å². The molecule has 1 aliphatic heterocycles. The lowest BCUT2D eigenvalue weighted by atomic mass is 10.3. The van der Waals surface area contributed by atoms with Crippen LogP contribution in [0.15, 0.2) is 23.7 Å². The zero-order valence-corrected chi connectivity index (χ0v) is 14.3. The van der Waals surface area contributed by atoms with Gasteiger partial charge in [0.1, 0.15) is 12.0 Å². The monoisotopic (exact) mass is 360 g/mol. The second-order valence-electron chi connectivity index (χ2n) is 5.62. The average molecular weight is 360 g/mol. The fourth-order valence-corrected chi connectivity index (χ4v) is 3.52. The predicted octanol–water partition coefficient (Wildman–Crippen LogP) is 2.59. The maximum atomic E-state index is 11.4. The lowest BCUT2D eigenvalue weighted by Gasteiger charge is -2.28. The van der Waals surface area contributed by atoms with E-state index in [-0.39, 0.29) is 11.6 Å². The zero-order chi connectivity index (χ0) is 17.4. The molecule has 1 N–H and O–H groups in total. The van der Waals surface area contributed by atoms with Gasteiger partial charge >= 0.3 is 5.82 Å². The molecule has 9 nitrogen and oxygen atoms in total. The maximum absolute atomic E-state index is 11.4. The summed E-state index contributed by atoms with van der Waals surface area (Å²) in [6.45, 7) is 4.87. The first-order valence-electron chi connectivity index (χ1n) is 7.81. The van der Waals surface area contributed by atoms with Gasteiger partial charge in [0.15, 0.2) is 0 Å². The van der Waals surface area contributed by atoms with Crippen molar-refractivity contribution in [3.05, 3.63) is 39.5 Å². The van der Waals surface area contributed by atoms with Crippen molar-refractivity contribution in [3.63, 3.8) is 0 Å². The molecule has 0 aliphatic carbocycles. The molecule has 0 amide bonds. The van der Waals surface area contributed by atoms with Gasteiger partial charge in [-0.25, -0.2) is 4.98 Å². The van der Waals surface area contributed by atoms with Gasteiger partial charge in [0.05, 0.1) is 24.6 Å². The SMILES string of the molecule is Cc1nc(N2CCOCC2)ccc1Nc1nc2sccn2c1[N+](=O)[O-]. The van der Waals surface area contributed by atoms with Crippen molar-refractivity contribution in [1.29, 1.82) is 0 Å². The number of morpholine rings is 1. The molecule has 3 aromatic heterocycles. The number of nitrogens with zero attached hydrogens (tertiary/aromatic N) is 5. The Bertz CT molecular complexity index is 931. The highest BCUT2D eigenvalue weighted by molar-refractivity contribution is 7.15. The van der Waals surface area contributed by atoms with Crippen LogP contribution in [0, 0.1) is 17.0 Å². The lowest BCUT2D eigenvalue weighted by Crippen LogP contribution is -2.36. The van der Waals surface area contributed by atoms with Crippen LogP contribution >= 0.6 is 11.3 Å². The molecule has 0 spiro atoms. The Hall–Kier alpha value is -2.72. The lowest BCUT2D eigenvalue weighted by molar-refractivity contribution is -0.389. The summed E-state index contributed by atoms with van der Waals surface area (Å²) < 4.78 is 6.83. The number of nitro groups is 1. The Morgan fingerprint density at radius 1 is 1.32 bits per heavy atom. The highest BCUT2D eigenvalue weighted by atomic mass is 32.1. The molecule has 10 heteroatoms. The number of hydrogen-bond donors (Lipinski definition) is 1. The fourth-order valence-electron chi connectivity index (χ4n) is 2.81. The van der Waals surface area contributed by atoms with Crippen LogP contribution in [-0.2, 0) is 4.74 Å².